The molecule has 0 spiro atoms. The van der Waals surface area contributed by atoms with E-state index >= 15 is 0 Å². The highest BCUT2D eigenvalue weighted by molar-refractivity contribution is 6.19. The number of aromatic nitrogens is 1. The molecular formula is C25H16ClN5. The highest BCUT2D eigenvalue weighted by Crippen LogP contribution is 2.30. The molecule has 0 saturated carbocycles. The zero-order valence-corrected chi connectivity index (χ0v) is 17.1. The van der Waals surface area contributed by atoms with Crippen molar-refractivity contribution in [1.82, 2.24) is 4.98 Å². The van der Waals surface area contributed by atoms with Crippen LogP contribution >= 0.6 is 12.4 Å². The molecule has 148 valence electrons. The summed E-state index contributed by atoms with van der Waals surface area (Å²) in [5.74, 6) is 0. The van der Waals surface area contributed by atoms with Crippen molar-refractivity contribution < 1.29 is 0 Å². The number of aliphatic imine (C=N–C) groups is 4. The number of hydrogen-bond donors (Lipinski definition) is 0. The van der Waals surface area contributed by atoms with Crippen LogP contribution in [0.2, 0.25) is 0 Å². The summed E-state index contributed by atoms with van der Waals surface area (Å²) in [4.78, 5) is 23.0. The highest BCUT2D eigenvalue weighted by atomic mass is 35.5. The van der Waals surface area contributed by atoms with Gasteiger partial charge in [-0.3, -0.25) is 4.98 Å². The van der Waals surface area contributed by atoms with E-state index < -0.39 is 0 Å². The normalized spacial score (nSPS) is 20.1. The molecular weight excluding hydrogens is 406 g/mol. The summed E-state index contributed by atoms with van der Waals surface area (Å²) < 4.78 is 0. The lowest BCUT2D eigenvalue weighted by Crippen LogP contribution is -1.90. The lowest BCUT2D eigenvalue weighted by Gasteiger charge is -2.03. The second kappa shape index (κ2) is 7.70. The molecule has 5 nitrogen and oxygen atoms in total. The Morgan fingerprint density at radius 1 is 0.484 bits per heavy atom. The van der Waals surface area contributed by atoms with Gasteiger partial charge in [0.05, 0.1) is 45.6 Å². The number of fused-ring (bicyclic) bond motifs is 4. The zero-order valence-electron chi connectivity index (χ0n) is 16.3. The monoisotopic (exact) mass is 421 g/mol. The fourth-order valence-electron chi connectivity index (χ4n) is 3.66. The topological polar surface area (TPSA) is 62.3 Å². The quantitative estimate of drug-likeness (QED) is 0.634. The minimum Gasteiger partial charge on any atom is -0.265 e. The first kappa shape index (κ1) is 19.0. The molecule has 5 aliphatic heterocycles. The minimum atomic E-state index is 0. The smallest absolute Gasteiger partial charge is 0.0737 e. The third-order valence-corrected chi connectivity index (χ3v) is 5.03. The Morgan fingerprint density at radius 3 is 1.58 bits per heavy atom. The molecule has 0 aliphatic carbocycles. The van der Waals surface area contributed by atoms with E-state index in [1.54, 1.807) is 12.4 Å². The third-order valence-electron chi connectivity index (χ3n) is 5.03. The van der Waals surface area contributed by atoms with Crippen LogP contribution in [0.15, 0.2) is 134 Å². The molecule has 0 radical (unpaired) electrons. The first-order valence-electron chi connectivity index (χ1n) is 9.67. The van der Waals surface area contributed by atoms with Gasteiger partial charge >= 0.3 is 0 Å². The van der Waals surface area contributed by atoms with Gasteiger partial charge in [-0.05, 0) is 84.5 Å². The predicted molar refractivity (Wildman–Crippen MR) is 129 cm³/mol. The molecule has 1 aromatic rings. The molecule has 5 aliphatic rings. The Balaban J connectivity index is 0.00000204. The minimum absolute atomic E-state index is 0. The Hall–Kier alpha value is -3.96. The molecule has 6 rings (SSSR count). The van der Waals surface area contributed by atoms with Crippen LogP contribution in [-0.4, -0.2) is 27.8 Å². The molecule has 0 amide bonds. The van der Waals surface area contributed by atoms with Crippen LogP contribution in [-0.2, 0) is 0 Å². The van der Waals surface area contributed by atoms with E-state index in [4.69, 9.17) is 9.98 Å². The lowest BCUT2D eigenvalue weighted by atomic mass is 10.0. The van der Waals surface area contributed by atoms with Gasteiger partial charge in [0.15, 0.2) is 0 Å². The number of nitrogens with zero attached hydrogens (tertiary/aromatic N) is 5. The second-order valence-corrected chi connectivity index (χ2v) is 7.18. The standard InChI is InChI=1S/C25H15N5.ClH/c1-2-18-12-20-5-6-22(29-20)15-25-24(16-7-9-26-10-8-16)14-23(30-25)13-21-4-3-19(28-21)11-17(1)27-18;/h1-15H;1H. The van der Waals surface area contributed by atoms with Crippen molar-refractivity contribution in [3.63, 3.8) is 0 Å². The van der Waals surface area contributed by atoms with Gasteiger partial charge in [0.2, 0.25) is 0 Å². The van der Waals surface area contributed by atoms with Gasteiger partial charge in [-0.1, -0.05) is 0 Å². The predicted octanol–water partition coefficient (Wildman–Crippen LogP) is 4.92. The molecule has 0 unspecified atom stereocenters. The van der Waals surface area contributed by atoms with Gasteiger partial charge in [0, 0.05) is 18.0 Å². The number of allylic oxidation sites excluding steroid dienone is 12. The number of pyridine rings is 1. The molecule has 1 aromatic heterocycles. The third kappa shape index (κ3) is 3.79. The Kier molecular flexibility index (Phi) is 4.73. The van der Waals surface area contributed by atoms with E-state index in [0.717, 1.165) is 56.8 Å². The molecule has 31 heavy (non-hydrogen) atoms. The van der Waals surface area contributed by atoms with Crippen LogP contribution in [0, 0.1) is 0 Å². The summed E-state index contributed by atoms with van der Waals surface area (Å²) in [5.41, 5.74) is 9.07. The maximum Gasteiger partial charge on any atom is 0.0737 e. The van der Waals surface area contributed by atoms with Gasteiger partial charge in [-0.15, -0.1) is 12.4 Å². The summed E-state index contributed by atoms with van der Waals surface area (Å²) in [7, 11) is 0. The van der Waals surface area contributed by atoms with E-state index in [-0.39, 0.29) is 12.4 Å². The number of halogens is 1. The first-order chi connectivity index (χ1) is 14.8. The van der Waals surface area contributed by atoms with Crippen LogP contribution in [0.25, 0.3) is 5.57 Å². The number of hydrogen-bond acceptors (Lipinski definition) is 5. The lowest BCUT2D eigenvalue weighted by molar-refractivity contribution is 1.31. The van der Waals surface area contributed by atoms with Gasteiger partial charge in [0.1, 0.15) is 0 Å². The summed E-state index contributed by atoms with van der Waals surface area (Å²) in [5, 5.41) is 0. The zero-order chi connectivity index (χ0) is 19.9. The van der Waals surface area contributed by atoms with E-state index in [2.05, 4.69) is 21.0 Å². The molecule has 6 heterocycles. The van der Waals surface area contributed by atoms with E-state index in [1.807, 2.05) is 72.9 Å². The van der Waals surface area contributed by atoms with Crippen molar-refractivity contribution >= 4 is 40.8 Å². The average molecular weight is 422 g/mol. The molecule has 0 aromatic carbocycles. The molecule has 0 N–H and O–H groups in total. The maximum absolute atomic E-state index is 4.85. The molecule has 8 bridgehead atoms. The van der Waals surface area contributed by atoms with Crippen LogP contribution in [0.4, 0.5) is 0 Å². The summed E-state index contributed by atoms with van der Waals surface area (Å²) in [6, 6.07) is 3.98. The van der Waals surface area contributed by atoms with Crippen molar-refractivity contribution in [3.8, 4) is 0 Å². The Morgan fingerprint density at radius 2 is 1.00 bits per heavy atom. The summed E-state index contributed by atoms with van der Waals surface area (Å²) in [6.07, 6.45) is 25.6. The molecule has 0 fully saturated rings. The maximum atomic E-state index is 4.85. The van der Waals surface area contributed by atoms with E-state index in [0.29, 0.717) is 0 Å². The van der Waals surface area contributed by atoms with Crippen LogP contribution in [0.1, 0.15) is 5.56 Å². The SMILES string of the molecule is C1=CC2=NC1=CC1=NC(=CC3=NC(=CC4=NC(=C2)C=C4)C(c2ccncc2)=C3)C=C1.Cl. The number of rotatable bonds is 1. The van der Waals surface area contributed by atoms with Crippen molar-refractivity contribution in [2.45, 2.75) is 0 Å². The largest absolute Gasteiger partial charge is 0.265 e. The first-order valence-corrected chi connectivity index (χ1v) is 9.67. The van der Waals surface area contributed by atoms with Crippen molar-refractivity contribution in [1.29, 1.82) is 0 Å². The van der Waals surface area contributed by atoms with Crippen molar-refractivity contribution in [2.75, 3.05) is 0 Å². The highest BCUT2D eigenvalue weighted by Gasteiger charge is 2.18. The van der Waals surface area contributed by atoms with Crippen molar-refractivity contribution in [3.05, 3.63) is 120 Å². The van der Waals surface area contributed by atoms with Crippen LogP contribution < -0.4 is 0 Å². The van der Waals surface area contributed by atoms with Gasteiger partial charge < -0.3 is 0 Å². The van der Waals surface area contributed by atoms with Crippen LogP contribution in [0.5, 0.6) is 0 Å². The molecule has 0 atom stereocenters. The fourth-order valence-corrected chi connectivity index (χ4v) is 3.66. The summed E-state index contributed by atoms with van der Waals surface area (Å²) in [6.45, 7) is 0. The second-order valence-electron chi connectivity index (χ2n) is 7.18. The average Bonchev–Trinajstić information content (AvgIpc) is 3.53. The van der Waals surface area contributed by atoms with Gasteiger partial charge in [-0.2, -0.15) is 0 Å². The Bertz CT molecular complexity index is 1350. The van der Waals surface area contributed by atoms with E-state index in [1.165, 1.54) is 0 Å². The Labute approximate surface area is 185 Å². The van der Waals surface area contributed by atoms with E-state index in [9.17, 15) is 0 Å². The molecule has 0 saturated heterocycles. The summed E-state index contributed by atoms with van der Waals surface area (Å²) >= 11 is 0. The van der Waals surface area contributed by atoms with Crippen molar-refractivity contribution in [2.24, 2.45) is 20.0 Å². The fraction of sp³-hybridized carbons (Fsp3) is 0. The van der Waals surface area contributed by atoms with Gasteiger partial charge in [-0.25, -0.2) is 20.0 Å². The molecule has 6 heteroatoms. The van der Waals surface area contributed by atoms with Gasteiger partial charge in [0.25, 0.3) is 0 Å². The van der Waals surface area contributed by atoms with Crippen LogP contribution in [0.3, 0.4) is 0 Å².